The van der Waals surface area contributed by atoms with Crippen LogP contribution in [0.2, 0.25) is 0 Å². The summed E-state index contributed by atoms with van der Waals surface area (Å²) in [5.74, 6) is -1.50. The van der Waals surface area contributed by atoms with Crippen LogP contribution in [0.1, 0.15) is 25.8 Å². The quantitative estimate of drug-likeness (QED) is 0.898. The van der Waals surface area contributed by atoms with E-state index in [-0.39, 0.29) is 17.6 Å². The second-order valence-electron chi connectivity index (χ2n) is 5.68. The lowest BCUT2D eigenvalue weighted by molar-refractivity contribution is -0.137. The first-order chi connectivity index (χ1) is 10.2. The van der Waals surface area contributed by atoms with Crippen molar-refractivity contribution < 1.29 is 22.8 Å². The van der Waals surface area contributed by atoms with Crippen LogP contribution in [0.4, 0.5) is 18.9 Å². The van der Waals surface area contributed by atoms with E-state index in [9.17, 15) is 22.8 Å². The lowest BCUT2D eigenvalue weighted by Gasteiger charge is -2.10. The number of rotatable bonds is 4. The zero-order valence-electron chi connectivity index (χ0n) is 12.2. The summed E-state index contributed by atoms with van der Waals surface area (Å²) in [6, 6.07) is 4.42. The molecule has 1 aliphatic carbocycles. The largest absolute Gasteiger partial charge is 0.416 e. The standard InChI is InChI=1S/C15H17F3N2O2/c1-8(2)19-13(21)11-7-12(11)14(22)20-10-5-3-4-9(6-10)15(16,17)18/h3-6,8,11-12H,7H2,1-2H3,(H,19,21)(H,20,22). The van der Waals surface area contributed by atoms with Gasteiger partial charge < -0.3 is 10.6 Å². The van der Waals surface area contributed by atoms with E-state index < -0.39 is 29.5 Å². The highest BCUT2D eigenvalue weighted by molar-refractivity contribution is 5.99. The maximum absolute atomic E-state index is 12.6. The van der Waals surface area contributed by atoms with Gasteiger partial charge in [0.05, 0.1) is 17.4 Å². The fraction of sp³-hybridized carbons (Fsp3) is 0.467. The minimum absolute atomic E-state index is 0.0136. The fourth-order valence-corrected chi connectivity index (χ4v) is 2.17. The van der Waals surface area contributed by atoms with Crippen molar-refractivity contribution in [1.29, 1.82) is 0 Å². The Labute approximate surface area is 126 Å². The number of hydrogen-bond acceptors (Lipinski definition) is 2. The number of benzene rings is 1. The van der Waals surface area contributed by atoms with Gasteiger partial charge in [0.1, 0.15) is 0 Å². The van der Waals surface area contributed by atoms with Gasteiger partial charge in [0.25, 0.3) is 0 Å². The zero-order valence-corrected chi connectivity index (χ0v) is 12.2. The van der Waals surface area contributed by atoms with Crippen LogP contribution in [0.3, 0.4) is 0 Å². The van der Waals surface area contributed by atoms with Crippen molar-refractivity contribution >= 4 is 17.5 Å². The third-order valence-corrected chi connectivity index (χ3v) is 3.35. The molecular formula is C15H17F3N2O2. The van der Waals surface area contributed by atoms with Gasteiger partial charge in [-0.25, -0.2) is 0 Å². The smallest absolute Gasteiger partial charge is 0.354 e. The molecule has 0 aliphatic heterocycles. The van der Waals surface area contributed by atoms with Crippen molar-refractivity contribution in [2.75, 3.05) is 5.32 Å². The Morgan fingerprint density at radius 3 is 2.41 bits per heavy atom. The molecule has 1 aromatic rings. The number of hydrogen-bond donors (Lipinski definition) is 2. The van der Waals surface area contributed by atoms with Gasteiger partial charge in [-0.15, -0.1) is 0 Å². The highest BCUT2D eigenvalue weighted by Gasteiger charge is 2.48. The zero-order chi connectivity index (χ0) is 16.5. The van der Waals surface area contributed by atoms with E-state index in [2.05, 4.69) is 10.6 Å². The molecule has 0 saturated heterocycles. The summed E-state index contributed by atoms with van der Waals surface area (Å²) in [6.07, 6.45) is -4.04. The SMILES string of the molecule is CC(C)NC(=O)C1CC1C(=O)Nc1cccc(C(F)(F)F)c1. The summed E-state index contributed by atoms with van der Waals surface area (Å²) >= 11 is 0. The van der Waals surface area contributed by atoms with Crippen molar-refractivity contribution in [3.8, 4) is 0 Å². The van der Waals surface area contributed by atoms with E-state index in [1.807, 2.05) is 13.8 Å². The Hall–Kier alpha value is -2.05. The molecule has 22 heavy (non-hydrogen) atoms. The van der Waals surface area contributed by atoms with Crippen molar-refractivity contribution in [1.82, 2.24) is 5.32 Å². The molecule has 0 radical (unpaired) electrons. The summed E-state index contributed by atoms with van der Waals surface area (Å²) in [5.41, 5.74) is -0.745. The Bertz CT molecular complexity index is 584. The fourth-order valence-electron chi connectivity index (χ4n) is 2.17. The van der Waals surface area contributed by atoms with Crippen LogP contribution in [-0.2, 0) is 15.8 Å². The molecule has 0 heterocycles. The molecule has 2 atom stereocenters. The molecule has 0 spiro atoms. The van der Waals surface area contributed by atoms with Crippen LogP contribution in [0.5, 0.6) is 0 Å². The van der Waals surface area contributed by atoms with Crippen molar-refractivity contribution in [2.24, 2.45) is 11.8 Å². The minimum Gasteiger partial charge on any atom is -0.354 e. The Morgan fingerprint density at radius 1 is 1.18 bits per heavy atom. The molecular weight excluding hydrogens is 297 g/mol. The molecule has 1 aromatic carbocycles. The average Bonchev–Trinajstić information content (AvgIpc) is 3.17. The number of anilines is 1. The molecule has 2 rings (SSSR count). The third-order valence-electron chi connectivity index (χ3n) is 3.35. The van der Waals surface area contributed by atoms with E-state index in [1.54, 1.807) is 0 Å². The van der Waals surface area contributed by atoms with E-state index >= 15 is 0 Å². The highest BCUT2D eigenvalue weighted by atomic mass is 19.4. The van der Waals surface area contributed by atoms with Crippen LogP contribution in [0, 0.1) is 11.8 Å². The maximum Gasteiger partial charge on any atom is 0.416 e. The van der Waals surface area contributed by atoms with Crippen molar-refractivity contribution in [3.05, 3.63) is 29.8 Å². The van der Waals surface area contributed by atoms with Gasteiger partial charge in [-0.2, -0.15) is 13.2 Å². The lowest BCUT2D eigenvalue weighted by atomic mass is 10.2. The second kappa shape index (κ2) is 5.98. The lowest BCUT2D eigenvalue weighted by Crippen LogP contribution is -2.32. The molecule has 1 saturated carbocycles. The molecule has 2 N–H and O–H groups in total. The van der Waals surface area contributed by atoms with Gasteiger partial charge in [0, 0.05) is 11.7 Å². The Morgan fingerprint density at radius 2 is 1.82 bits per heavy atom. The number of carbonyl (C=O) groups is 2. The molecule has 4 nitrogen and oxygen atoms in total. The van der Waals surface area contributed by atoms with E-state index in [1.165, 1.54) is 12.1 Å². The van der Waals surface area contributed by atoms with Crippen LogP contribution in [-0.4, -0.2) is 17.9 Å². The van der Waals surface area contributed by atoms with E-state index in [0.29, 0.717) is 6.42 Å². The van der Waals surface area contributed by atoms with Gasteiger partial charge in [0.2, 0.25) is 11.8 Å². The molecule has 0 bridgehead atoms. The first-order valence-electron chi connectivity index (χ1n) is 6.97. The number of alkyl halides is 3. The molecule has 2 amide bonds. The average molecular weight is 314 g/mol. The third kappa shape index (κ3) is 3.99. The number of amides is 2. The monoisotopic (exact) mass is 314 g/mol. The van der Waals surface area contributed by atoms with Gasteiger partial charge >= 0.3 is 6.18 Å². The van der Waals surface area contributed by atoms with Gasteiger partial charge in [-0.05, 0) is 38.5 Å². The Kier molecular flexibility index (Phi) is 4.44. The number of nitrogens with one attached hydrogen (secondary N) is 2. The summed E-state index contributed by atoms with van der Waals surface area (Å²) < 4.78 is 37.8. The first kappa shape index (κ1) is 16.3. The highest BCUT2D eigenvalue weighted by Crippen LogP contribution is 2.40. The molecule has 1 fully saturated rings. The summed E-state index contributed by atoms with van der Waals surface area (Å²) in [7, 11) is 0. The summed E-state index contributed by atoms with van der Waals surface area (Å²) in [4.78, 5) is 23.7. The van der Waals surface area contributed by atoms with Crippen LogP contribution < -0.4 is 10.6 Å². The molecule has 7 heteroatoms. The van der Waals surface area contributed by atoms with Crippen molar-refractivity contribution in [2.45, 2.75) is 32.5 Å². The predicted octanol–water partition coefficient (Wildman–Crippen LogP) is 2.80. The van der Waals surface area contributed by atoms with Crippen LogP contribution in [0.25, 0.3) is 0 Å². The molecule has 2 unspecified atom stereocenters. The topological polar surface area (TPSA) is 58.2 Å². The van der Waals surface area contributed by atoms with E-state index in [4.69, 9.17) is 0 Å². The Balaban J connectivity index is 1.95. The molecule has 0 aromatic heterocycles. The second-order valence-corrected chi connectivity index (χ2v) is 5.68. The van der Waals surface area contributed by atoms with E-state index in [0.717, 1.165) is 12.1 Å². The number of carbonyl (C=O) groups excluding carboxylic acids is 2. The molecule has 120 valence electrons. The normalized spacial score (nSPS) is 20.6. The van der Waals surface area contributed by atoms with Crippen LogP contribution >= 0.6 is 0 Å². The molecule has 1 aliphatic rings. The van der Waals surface area contributed by atoms with Gasteiger partial charge in [0.15, 0.2) is 0 Å². The summed E-state index contributed by atoms with van der Waals surface area (Å²) in [6.45, 7) is 3.63. The van der Waals surface area contributed by atoms with Gasteiger partial charge in [-0.3, -0.25) is 9.59 Å². The minimum atomic E-state index is -4.46. The maximum atomic E-state index is 12.6. The van der Waals surface area contributed by atoms with Crippen LogP contribution in [0.15, 0.2) is 24.3 Å². The summed E-state index contributed by atoms with van der Waals surface area (Å²) in [5, 5.41) is 5.15. The number of halogens is 3. The van der Waals surface area contributed by atoms with Gasteiger partial charge in [-0.1, -0.05) is 6.07 Å². The van der Waals surface area contributed by atoms with Crippen molar-refractivity contribution in [3.63, 3.8) is 0 Å². The first-order valence-corrected chi connectivity index (χ1v) is 6.97. The predicted molar refractivity (Wildman–Crippen MR) is 74.9 cm³/mol.